The molecule has 1 aromatic carbocycles. The van der Waals surface area contributed by atoms with Crippen molar-refractivity contribution in [1.29, 1.82) is 5.26 Å². The van der Waals surface area contributed by atoms with Crippen molar-refractivity contribution in [2.24, 2.45) is 0 Å². The Morgan fingerprint density at radius 1 is 1.42 bits per heavy atom. The van der Waals surface area contributed by atoms with Crippen molar-refractivity contribution in [2.75, 3.05) is 26.8 Å². The number of amides is 2. The number of aromatic nitrogens is 2. The van der Waals surface area contributed by atoms with Crippen LogP contribution in [0.3, 0.4) is 0 Å². The van der Waals surface area contributed by atoms with Crippen LogP contribution in [0.5, 0.6) is 0 Å². The fraction of sp³-hybridized carbons (Fsp3) is 0.333. The van der Waals surface area contributed by atoms with Crippen molar-refractivity contribution in [1.82, 2.24) is 20.0 Å². The lowest BCUT2D eigenvalue weighted by Crippen LogP contribution is -2.47. The Morgan fingerprint density at radius 3 is 3.04 bits per heavy atom. The number of nitriles is 1. The van der Waals surface area contributed by atoms with E-state index in [4.69, 9.17) is 10.00 Å². The lowest BCUT2D eigenvalue weighted by molar-refractivity contribution is -0.125. The third kappa shape index (κ3) is 3.58. The highest BCUT2D eigenvalue weighted by Crippen LogP contribution is 2.22. The molecule has 134 valence electrons. The van der Waals surface area contributed by atoms with Crippen LogP contribution in [0, 0.1) is 11.3 Å². The number of rotatable bonds is 5. The monoisotopic (exact) mass is 353 g/mol. The number of carbonyl (C=O) groups is 2. The molecule has 0 saturated heterocycles. The van der Waals surface area contributed by atoms with Crippen molar-refractivity contribution in [2.45, 2.75) is 12.6 Å². The van der Waals surface area contributed by atoms with Gasteiger partial charge < -0.3 is 15.0 Å². The molecule has 0 saturated carbocycles. The van der Waals surface area contributed by atoms with Gasteiger partial charge in [-0.15, -0.1) is 0 Å². The summed E-state index contributed by atoms with van der Waals surface area (Å²) in [6.07, 6.45) is 1.62. The van der Waals surface area contributed by atoms with Gasteiger partial charge in [-0.05, 0) is 24.3 Å². The van der Waals surface area contributed by atoms with Gasteiger partial charge in [0.1, 0.15) is 6.04 Å². The molecule has 1 aliphatic heterocycles. The van der Waals surface area contributed by atoms with Crippen LogP contribution in [0.1, 0.15) is 27.7 Å². The molecule has 1 N–H and O–H groups in total. The maximum absolute atomic E-state index is 12.9. The molecule has 0 radical (unpaired) electrons. The van der Waals surface area contributed by atoms with E-state index in [2.05, 4.69) is 10.4 Å². The van der Waals surface area contributed by atoms with Gasteiger partial charge >= 0.3 is 0 Å². The minimum absolute atomic E-state index is 0.211. The van der Waals surface area contributed by atoms with E-state index in [1.807, 2.05) is 6.07 Å². The molecule has 2 aromatic rings. The zero-order chi connectivity index (χ0) is 18.5. The van der Waals surface area contributed by atoms with Gasteiger partial charge in [-0.2, -0.15) is 10.4 Å². The average Bonchev–Trinajstić information content (AvgIpc) is 3.15. The van der Waals surface area contributed by atoms with Crippen molar-refractivity contribution in [3.05, 3.63) is 53.3 Å². The highest BCUT2D eigenvalue weighted by molar-refractivity contribution is 5.95. The summed E-state index contributed by atoms with van der Waals surface area (Å²) in [6, 6.07) is 9.77. The number of ether oxygens (including phenoxy) is 1. The van der Waals surface area contributed by atoms with Crippen LogP contribution >= 0.6 is 0 Å². The molecule has 0 fully saturated rings. The van der Waals surface area contributed by atoms with Gasteiger partial charge in [0.05, 0.1) is 37.0 Å². The van der Waals surface area contributed by atoms with Crippen molar-refractivity contribution >= 4 is 11.8 Å². The summed E-state index contributed by atoms with van der Waals surface area (Å²) < 4.78 is 6.60. The largest absolute Gasteiger partial charge is 0.383 e. The molecular weight excluding hydrogens is 334 g/mol. The predicted octanol–water partition coefficient (Wildman–Crippen LogP) is 0.714. The van der Waals surface area contributed by atoms with Crippen LogP contribution in [0.25, 0.3) is 0 Å². The number of fused-ring (bicyclic) bond motifs is 1. The molecule has 8 nitrogen and oxygen atoms in total. The Hall–Kier alpha value is -3.18. The maximum atomic E-state index is 12.9. The Bertz CT molecular complexity index is 855. The van der Waals surface area contributed by atoms with Crippen LogP contribution in [0.15, 0.2) is 36.5 Å². The van der Waals surface area contributed by atoms with Crippen LogP contribution in [-0.2, 0) is 16.1 Å². The Morgan fingerprint density at radius 2 is 2.27 bits per heavy atom. The van der Waals surface area contributed by atoms with E-state index in [9.17, 15) is 9.59 Å². The molecule has 0 spiro atoms. The standard InChI is InChI=1S/C18H19N5O3/c1-26-8-7-20-17(24)16-12-22(11-15-5-6-21-23(15)16)18(25)14-4-2-3-13(9-14)10-19/h2-6,9,16H,7-8,11-12H2,1H3,(H,20,24)/t16-/m1/s1. The van der Waals surface area contributed by atoms with Gasteiger partial charge in [0.15, 0.2) is 0 Å². The van der Waals surface area contributed by atoms with Gasteiger partial charge in [-0.25, -0.2) is 0 Å². The molecule has 0 aliphatic carbocycles. The van der Waals surface area contributed by atoms with Gasteiger partial charge in [0.25, 0.3) is 5.91 Å². The van der Waals surface area contributed by atoms with E-state index < -0.39 is 6.04 Å². The smallest absolute Gasteiger partial charge is 0.254 e. The quantitative estimate of drug-likeness (QED) is 0.798. The first kappa shape index (κ1) is 17.6. The summed E-state index contributed by atoms with van der Waals surface area (Å²) in [7, 11) is 1.56. The molecule has 1 aliphatic rings. The van der Waals surface area contributed by atoms with Crippen molar-refractivity contribution in [3.63, 3.8) is 0 Å². The number of benzene rings is 1. The Labute approximate surface area is 151 Å². The first-order chi connectivity index (χ1) is 12.6. The Balaban J connectivity index is 1.81. The molecule has 1 aromatic heterocycles. The normalized spacial score (nSPS) is 15.8. The summed E-state index contributed by atoms with van der Waals surface area (Å²) in [4.78, 5) is 27.0. The number of methoxy groups -OCH3 is 1. The maximum Gasteiger partial charge on any atom is 0.254 e. The molecule has 26 heavy (non-hydrogen) atoms. The van der Waals surface area contributed by atoms with Gasteiger partial charge in [-0.3, -0.25) is 14.3 Å². The second kappa shape index (κ2) is 7.80. The lowest BCUT2D eigenvalue weighted by Gasteiger charge is -2.33. The lowest BCUT2D eigenvalue weighted by atomic mass is 10.1. The van der Waals surface area contributed by atoms with Crippen LogP contribution < -0.4 is 5.32 Å². The van der Waals surface area contributed by atoms with Gasteiger partial charge in [-0.1, -0.05) is 6.07 Å². The number of hydrogen-bond donors (Lipinski definition) is 1. The van der Waals surface area contributed by atoms with E-state index in [0.29, 0.717) is 30.8 Å². The molecule has 3 rings (SSSR count). The number of nitrogens with zero attached hydrogens (tertiary/aromatic N) is 4. The average molecular weight is 353 g/mol. The summed E-state index contributed by atoms with van der Waals surface area (Å²) in [5, 5.41) is 16.0. The summed E-state index contributed by atoms with van der Waals surface area (Å²) in [5.41, 5.74) is 1.63. The predicted molar refractivity (Wildman–Crippen MR) is 92.0 cm³/mol. The number of hydrogen-bond acceptors (Lipinski definition) is 5. The van der Waals surface area contributed by atoms with Gasteiger partial charge in [0.2, 0.25) is 5.91 Å². The molecule has 0 bridgehead atoms. The topological polar surface area (TPSA) is 100 Å². The first-order valence-electron chi connectivity index (χ1n) is 8.22. The fourth-order valence-electron chi connectivity index (χ4n) is 2.94. The molecule has 2 heterocycles. The van der Waals surface area contributed by atoms with Crippen LogP contribution in [-0.4, -0.2) is 53.3 Å². The minimum Gasteiger partial charge on any atom is -0.383 e. The summed E-state index contributed by atoms with van der Waals surface area (Å²) >= 11 is 0. The molecule has 0 unspecified atom stereocenters. The summed E-state index contributed by atoms with van der Waals surface area (Å²) in [6.45, 7) is 1.37. The Kier molecular flexibility index (Phi) is 5.29. The van der Waals surface area contributed by atoms with Crippen LogP contribution in [0.2, 0.25) is 0 Å². The van der Waals surface area contributed by atoms with E-state index in [-0.39, 0.29) is 18.4 Å². The third-order valence-electron chi connectivity index (χ3n) is 4.23. The third-order valence-corrected chi connectivity index (χ3v) is 4.23. The van der Waals surface area contributed by atoms with E-state index in [0.717, 1.165) is 5.69 Å². The zero-order valence-electron chi connectivity index (χ0n) is 14.4. The minimum atomic E-state index is -0.603. The fourth-order valence-corrected chi connectivity index (χ4v) is 2.94. The highest BCUT2D eigenvalue weighted by Gasteiger charge is 2.33. The van der Waals surface area contributed by atoms with Crippen molar-refractivity contribution < 1.29 is 14.3 Å². The number of nitrogens with one attached hydrogen (secondary N) is 1. The van der Waals surface area contributed by atoms with Crippen molar-refractivity contribution in [3.8, 4) is 6.07 Å². The molecular formula is C18H19N5O3. The first-order valence-corrected chi connectivity index (χ1v) is 8.22. The van der Waals surface area contributed by atoms with Crippen LogP contribution in [0.4, 0.5) is 0 Å². The van der Waals surface area contributed by atoms with E-state index in [1.54, 1.807) is 53.2 Å². The zero-order valence-corrected chi connectivity index (χ0v) is 14.4. The number of carbonyl (C=O) groups excluding carboxylic acids is 2. The van der Waals surface area contributed by atoms with Gasteiger partial charge in [0, 0.05) is 25.4 Å². The molecule has 8 heteroatoms. The molecule has 1 atom stereocenters. The second-order valence-corrected chi connectivity index (χ2v) is 5.95. The van der Waals surface area contributed by atoms with E-state index in [1.165, 1.54) is 0 Å². The SMILES string of the molecule is COCCNC(=O)[C@H]1CN(C(=O)c2cccc(C#N)c2)Cc2ccnn21. The van der Waals surface area contributed by atoms with E-state index >= 15 is 0 Å². The summed E-state index contributed by atoms with van der Waals surface area (Å²) in [5.74, 6) is -0.431. The highest BCUT2D eigenvalue weighted by atomic mass is 16.5. The second-order valence-electron chi connectivity index (χ2n) is 5.95. The molecule has 2 amide bonds.